The molecule has 6 rings (SSSR count). The second kappa shape index (κ2) is 9.89. The highest BCUT2D eigenvalue weighted by Gasteiger charge is 2.46. The van der Waals surface area contributed by atoms with E-state index in [0.717, 1.165) is 40.1 Å². The van der Waals surface area contributed by atoms with Gasteiger partial charge in [0.25, 0.3) is 0 Å². The lowest BCUT2D eigenvalue weighted by Gasteiger charge is -2.33. The van der Waals surface area contributed by atoms with Crippen molar-refractivity contribution in [3.05, 3.63) is 52.7 Å². The van der Waals surface area contributed by atoms with Crippen molar-refractivity contribution in [2.24, 2.45) is 16.9 Å². The molecule has 0 radical (unpaired) electrons. The summed E-state index contributed by atoms with van der Waals surface area (Å²) < 4.78 is 47.1. The minimum Gasteiger partial charge on any atom is -0.497 e. The molecule has 2 aliphatic heterocycles. The number of ether oxygens (including phenoxy) is 1. The van der Waals surface area contributed by atoms with Gasteiger partial charge in [-0.25, -0.2) is 0 Å². The Morgan fingerprint density at radius 1 is 1.28 bits per heavy atom. The zero-order valence-electron chi connectivity index (χ0n) is 21.0. The lowest BCUT2D eigenvalue weighted by atomic mass is 9.83. The van der Waals surface area contributed by atoms with Crippen molar-refractivity contribution in [2.75, 3.05) is 24.4 Å². The monoisotopic (exact) mass is 557 g/mol. The summed E-state index contributed by atoms with van der Waals surface area (Å²) in [5, 5.41) is 13.2. The van der Waals surface area contributed by atoms with Gasteiger partial charge in [-0.15, -0.1) is 11.8 Å². The molecule has 4 aliphatic rings. The number of alkyl halides is 3. The first-order valence-corrected chi connectivity index (χ1v) is 13.7. The van der Waals surface area contributed by atoms with Crippen molar-refractivity contribution >= 4 is 45.9 Å². The number of rotatable bonds is 4. The van der Waals surface area contributed by atoms with E-state index in [-0.39, 0.29) is 30.0 Å². The second-order valence-electron chi connectivity index (χ2n) is 10.1. The summed E-state index contributed by atoms with van der Waals surface area (Å²) in [6.45, 7) is 0.606. The maximum absolute atomic E-state index is 13.9. The summed E-state index contributed by atoms with van der Waals surface area (Å²) in [7, 11) is 1.61. The van der Waals surface area contributed by atoms with Crippen molar-refractivity contribution in [3.63, 3.8) is 0 Å². The first-order chi connectivity index (χ1) is 18.7. The SMILES string of the molecule is COc1ccc2nccc(N3CC4CC(NC(=O)C5CC6=C(C=C5C(F)(F)F)SCC(=O)N6)CCC4=N3)c2c1. The van der Waals surface area contributed by atoms with Crippen molar-refractivity contribution < 1.29 is 27.5 Å². The van der Waals surface area contributed by atoms with Crippen LogP contribution in [0.4, 0.5) is 18.9 Å². The van der Waals surface area contributed by atoms with Crippen molar-refractivity contribution in [3.8, 4) is 5.75 Å². The largest absolute Gasteiger partial charge is 0.497 e. The lowest BCUT2D eigenvalue weighted by molar-refractivity contribution is -0.131. The number of nitrogens with one attached hydrogen (secondary N) is 2. The molecule has 2 amide bonds. The fourth-order valence-corrected chi connectivity index (χ4v) is 6.61. The lowest BCUT2D eigenvalue weighted by Crippen LogP contribution is -2.46. The van der Waals surface area contributed by atoms with Crippen LogP contribution in [0.25, 0.3) is 10.9 Å². The van der Waals surface area contributed by atoms with Gasteiger partial charge in [-0.2, -0.15) is 18.3 Å². The molecule has 0 spiro atoms. The van der Waals surface area contributed by atoms with Gasteiger partial charge in [-0.05, 0) is 49.6 Å². The Hall–Kier alpha value is -3.54. The van der Waals surface area contributed by atoms with Crippen molar-refractivity contribution in [2.45, 2.75) is 37.9 Å². The van der Waals surface area contributed by atoms with E-state index in [1.807, 2.05) is 29.3 Å². The van der Waals surface area contributed by atoms with Crippen molar-refractivity contribution in [1.29, 1.82) is 0 Å². The smallest absolute Gasteiger partial charge is 0.413 e. The third kappa shape index (κ3) is 4.97. The quantitative estimate of drug-likeness (QED) is 0.583. The Morgan fingerprint density at radius 2 is 2.13 bits per heavy atom. The highest BCUT2D eigenvalue weighted by atomic mass is 32.2. The van der Waals surface area contributed by atoms with Crippen LogP contribution in [0.5, 0.6) is 5.75 Å². The summed E-state index contributed by atoms with van der Waals surface area (Å²) in [6, 6.07) is 7.31. The summed E-state index contributed by atoms with van der Waals surface area (Å²) in [5.41, 5.74) is 2.27. The van der Waals surface area contributed by atoms with E-state index >= 15 is 0 Å². The molecule has 1 aromatic heterocycles. The molecule has 3 unspecified atom stereocenters. The number of carbonyl (C=O) groups is 2. The number of halogens is 3. The fourth-order valence-electron chi connectivity index (χ4n) is 5.73. The molecular weight excluding hydrogens is 531 g/mol. The number of allylic oxidation sites excluding steroid dienone is 2. The molecular formula is C27H26F3N5O3S. The fraction of sp³-hybridized carbons (Fsp3) is 0.407. The molecule has 1 saturated carbocycles. The number of benzene rings is 1. The number of carbonyl (C=O) groups excluding carboxylic acids is 2. The van der Waals surface area contributed by atoms with Crippen LogP contribution in [-0.2, 0) is 9.59 Å². The number of aromatic nitrogens is 1. The highest BCUT2D eigenvalue weighted by Crippen LogP contribution is 2.43. The van der Waals surface area contributed by atoms with E-state index in [4.69, 9.17) is 9.84 Å². The van der Waals surface area contributed by atoms with Crippen LogP contribution in [0.1, 0.15) is 25.7 Å². The number of methoxy groups -OCH3 is 1. The second-order valence-corrected chi connectivity index (χ2v) is 11.1. The Kier molecular flexibility index (Phi) is 6.52. The molecule has 2 aromatic rings. The molecule has 2 N–H and O–H groups in total. The molecule has 8 nitrogen and oxygen atoms in total. The molecule has 3 atom stereocenters. The minimum absolute atomic E-state index is 0.0601. The van der Waals surface area contributed by atoms with Gasteiger partial charge < -0.3 is 15.4 Å². The number of hydrazone groups is 1. The maximum Gasteiger partial charge on any atom is 0.413 e. The van der Waals surface area contributed by atoms with Crippen LogP contribution >= 0.6 is 11.8 Å². The number of anilines is 1. The van der Waals surface area contributed by atoms with E-state index in [1.165, 1.54) is 0 Å². The molecule has 3 heterocycles. The Labute approximate surface area is 226 Å². The van der Waals surface area contributed by atoms with E-state index in [0.29, 0.717) is 42.2 Å². The standard InChI is InChI=1S/C27H26F3N5O3S/c1-38-16-3-5-21-18(9-16)23(6-7-31-21)35-12-14-8-15(2-4-20(14)34-35)32-26(37)17-10-22-24(39-13-25(36)33-22)11-19(17)27(28,29)30/h3,5-7,9,11,14-15,17H,2,4,8,10,12-13H2,1H3,(H,32,37)(H,33,36). The molecule has 1 fully saturated rings. The molecule has 1 aromatic carbocycles. The molecule has 204 valence electrons. The number of pyridine rings is 1. The van der Waals surface area contributed by atoms with Crippen LogP contribution < -0.4 is 20.4 Å². The number of nitrogens with zero attached hydrogens (tertiary/aromatic N) is 3. The van der Waals surface area contributed by atoms with Crippen LogP contribution in [0.2, 0.25) is 0 Å². The van der Waals surface area contributed by atoms with E-state index in [1.54, 1.807) is 13.3 Å². The average molecular weight is 558 g/mol. The van der Waals surface area contributed by atoms with E-state index < -0.39 is 23.6 Å². The normalized spacial score (nSPS) is 25.0. The van der Waals surface area contributed by atoms with Crippen LogP contribution in [0.3, 0.4) is 0 Å². The van der Waals surface area contributed by atoms with E-state index in [9.17, 15) is 22.8 Å². The number of thioether (sulfide) groups is 1. The first kappa shape index (κ1) is 25.7. The zero-order valence-corrected chi connectivity index (χ0v) is 21.9. The summed E-state index contributed by atoms with van der Waals surface area (Å²) in [6.07, 6.45) is -0.241. The Morgan fingerprint density at radius 3 is 2.92 bits per heavy atom. The zero-order chi connectivity index (χ0) is 27.3. The summed E-state index contributed by atoms with van der Waals surface area (Å²) in [4.78, 5) is 29.8. The predicted molar refractivity (Wildman–Crippen MR) is 142 cm³/mol. The molecule has 12 heteroatoms. The predicted octanol–water partition coefficient (Wildman–Crippen LogP) is 4.29. The first-order valence-electron chi connectivity index (χ1n) is 12.7. The van der Waals surface area contributed by atoms with Gasteiger partial charge in [-0.1, -0.05) is 0 Å². The number of hydrogen-bond acceptors (Lipinski definition) is 7. The van der Waals surface area contributed by atoms with Gasteiger partial charge in [0.1, 0.15) is 5.75 Å². The molecule has 2 aliphatic carbocycles. The highest BCUT2D eigenvalue weighted by molar-refractivity contribution is 8.04. The summed E-state index contributed by atoms with van der Waals surface area (Å²) in [5.74, 6) is -1.49. The topological polar surface area (TPSA) is 95.9 Å². The van der Waals surface area contributed by atoms with Gasteiger partial charge in [0.2, 0.25) is 11.8 Å². The summed E-state index contributed by atoms with van der Waals surface area (Å²) >= 11 is 1.07. The third-order valence-corrected chi connectivity index (χ3v) is 8.72. The van der Waals surface area contributed by atoms with E-state index in [2.05, 4.69) is 15.6 Å². The number of fused-ring (bicyclic) bond motifs is 2. The van der Waals surface area contributed by atoms with Gasteiger partial charge in [0.15, 0.2) is 0 Å². The van der Waals surface area contributed by atoms with Crippen LogP contribution in [0.15, 0.2) is 57.8 Å². The van der Waals surface area contributed by atoms with Crippen LogP contribution in [0, 0.1) is 11.8 Å². The average Bonchev–Trinajstić information content (AvgIpc) is 3.34. The number of amides is 2. The van der Waals surface area contributed by atoms with Gasteiger partial charge >= 0.3 is 6.18 Å². The Balaban J connectivity index is 1.16. The third-order valence-electron chi connectivity index (χ3n) is 7.64. The minimum atomic E-state index is -4.64. The van der Waals surface area contributed by atoms with Crippen molar-refractivity contribution in [1.82, 2.24) is 15.6 Å². The van der Waals surface area contributed by atoms with Gasteiger partial charge in [0.05, 0.1) is 30.0 Å². The molecule has 0 bridgehead atoms. The maximum atomic E-state index is 13.9. The Bertz CT molecular complexity index is 1450. The van der Waals surface area contributed by atoms with Gasteiger partial charge in [0, 0.05) is 58.4 Å². The number of hydrogen-bond donors (Lipinski definition) is 2. The molecule has 0 saturated heterocycles. The van der Waals surface area contributed by atoms with Gasteiger partial charge in [-0.3, -0.25) is 19.6 Å². The molecule has 39 heavy (non-hydrogen) atoms. The van der Waals surface area contributed by atoms with Crippen LogP contribution in [-0.4, -0.2) is 54.1 Å².